The van der Waals surface area contributed by atoms with Crippen LogP contribution in [0.2, 0.25) is 5.02 Å². The number of ketones is 1. The molecule has 0 unspecified atom stereocenters. The summed E-state index contributed by atoms with van der Waals surface area (Å²) in [6.45, 7) is 9.91. The number of carbonyl (C=O) groups excluding carboxylic acids is 2. The minimum Gasteiger partial charge on any atom is -0.507 e. The van der Waals surface area contributed by atoms with Crippen LogP contribution in [0.15, 0.2) is 28.8 Å². The Hall–Kier alpha value is -2.60. The minimum absolute atomic E-state index is 0.00193. The molecule has 0 spiro atoms. The van der Waals surface area contributed by atoms with E-state index in [1.165, 1.54) is 13.3 Å². The molecule has 1 aromatic rings. The van der Waals surface area contributed by atoms with Crippen molar-refractivity contribution in [2.45, 2.75) is 53.9 Å². The number of allylic oxidation sites excluding steroid dienone is 4. The van der Waals surface area contributed by atoms with Gasteiger partial charge in [0.2, 0.25) is 5.91 Å². The number of aliphatic imine (C=N–C) groups is 1. The Balaban J connectivity index is 2.36. The molecule has 1 aromatic carbocycles. The molecule has 6 nitrogen and oxygen atoms in total. The molecular weight excluding hydrogens is 440 g/mol. The number of amides is 1. The second-order valence-corrected chi connectivity index (χ2v) is 9.51. The molecule has 180 valence electrons. The van der Waals surface area contributed by atoms with Gasteiger partial charge in [-0.25, -0.2) is 0 Å². The van der Waals surface area contributed by atoms with Crippen LogP contribution in [0.5, 0.6) is 11.5 Å². The van der Waals surface area contributed by atoms with Crippen molar-refractivity contribution < 1.29 is 19.4 Å². The molecule has 0 aliphatic heterocycles. The molecule has 0 bridgehead atoms. The van der Waals surface area contributed by atoms with Gasteiger partial charge in [-0.15, -0.1) is 0 Å². The molecule has 0 heterocycles. The third kappa shape index (κ3) is 5.85. The molecule has 3 atom stereocenters. The number of primary amides is 1. The van der Waals surface area contributed by atoms with Gasteiger partial charge in [0.05, 0.1) is 12.1 Å². The van der Waals surface area contributed by atoms with Gasteiger partial charge in [-0.2, -0.15) is 0 Å². The Morgan fingerprint density at radius 2 is 2.06 bits per heavy atom. The highest BCUT2D eigenvalue weighted by molar-refractivity contribution is 6.33. The molecule has 1 amide bonds. The van der Waals surface area contributed by atoms with E-state index in [9.17, 15) is 14.7 Å². The van der Waals surface area contributed by atoms with Crippen LogP contribution in [-0.2, 0) is 16.0 Å². The zero-order valence-electron chi connectivity index (χ0n) is 20.4. The summed E-state index contributed by atoms with van der Waals surface area (Å²) in [6.07, 6.45) is 9.51. The summed E-state index contributed by atoms with van der Waals surface area (Å²) in [4.78, 5) is 27.3. The molecule has 3 N–H and O–H groups in total. The first-order valence-electron chi connectivity index (χ1n) is 11.2. The molecule has 1 saturated carbocycles. The largest absolute Gasteiger partial charge is 0.507 e. The third-order valence-corrected chi connectivity index (χ3v) is 7.51. The van der Waals surface area contributed by atoms with Gasteiger partial charge >= 0.3 is 0 Å². The number of hydrogen-bond acceptors (Lipinski definition) is 5. The lowest BCUT2D eigenvalue weighted by molar-refractivity contribution is -0.129. The smallest absolute Gasteiger partial charge is 0.239 e. The number of phenolic OH excluding ortho intramolecular Hbond substituents is 1. The lowest BCUT2D eigenvalue weighted by Gasteiger charge is -2.42. The SMILES string of the molecule is COc1c(Cl)c(C)c(C=NCC(N)=O)c(O)c1CC=C(C)C=C[C@@]1(C)[C@H](C)CCC(=O)[C@@H]1C. The topological polar surface area (TPSA) is 102 Å². The Morgan fingerprint density at radius 3 is 2.67 bits per heavy atom. The summed E-state index contributed by atoms with van der Waals surface area (Å²) in [5, 5.41) is 11.3. The number of nitrogens with zero attached hydrogens (tertiary/aromatic N) is 1. The van der Waals surface area contributed by atoms with Crippen molar-refractivity contribution in [3.63, 3.8) is 0 Å². The molecule has 1 aliphatic carbocycles. The van der Waals surface area contributed by atoms with Crippen LogP contribution in [0.1, 0.15) is 57.2 Å². The third-order valence-electron chi connectivity index (χ3n) is 7.05. The van der Waals surface area contributed by atoms with Crippen LogP contribution in [0.3, 0.4) is 0 Å². The molecule has 7 heteroatoms. The molecular formula is C26H35ClN2O4. The zero-order valence-corrected chi connectivity index (χ0v) is 21.1. The minimum atomic E-state index is -0.564. The van der Waals surface area contributed by atoms with Crippen LogP contribution in [0.25, 0.3) is 0 Å². The quantitative estimate of drug-likeness (QED) is 0.411. The fourth-order valence-corrected chi connectivity index (χ4v) is 4.56. The number of Topliss-reactive ketones (excluding diaryl/α,β-unsaturated/α-hetero) is 1. The van der Waals surface area contributed by atoms with Gasteiger partial charge in [-0.1, -0.05) is 56.2 Å². The fourth-order valence-electron chi connectivity index (χ4n) is 4.27. The monoisotopic (exact) mass is 474 g/mol. The van der Waals surface area contributed by atoms with Gasteiger partial charge in [-0.05, 0) is 43.6 Å². The first kappa shape index (κ1) is 26.7. The van der Waals surface area contributed by atoms with E-state index in [2.05, 4.69) is 24.9 Å². The second-order valence-electron chi connectivity index (χ2n) is 9.13. The molecule has 2 rings (SSSR count). The fraction of sp³-hybridized carbons (Fsp3) is 0.500. The summed E-state index contributed by atoms with van der Waals surface area (Å²) in [5.74, 6) is 0.548. The highest BCUT2D eigenvalue weighted by Gasteiger charge is 2.41. The summed E-state index contributed by atoms with van der Waals surface area (Å²) in [7, 11) is 1.50. The van der Waals surface area contributed by atoms with Gasteiger partial charge in [0.15, 0.2) is 0 Å². The number of halogens is 1. The van der Waals surface area contributed by atoms with Gasteiger partial charge in [-0.3, -0.25) is 14.6 Å². The lowest BCUT2D eigenvalue weighted by atomic mass is 9.61. The van der Waals surface area contributed by atoms with Crippen LogP contribution < -0.4 is 10.5 Å². The van der Waals surface area contributed by atoms with Gasteiger partial charge in [0.25, 0.3) is 0 Å². The molecule has 33 heavy (non-hydrogen) atoms. The Bertz CT molecular complexity index is 1010. The highest BCUT2D eigenvalue weighted by Crippen LogP contribution is 2.45. The predicted molar refractivity (Wildman–Crippen MR) is 133 cm³/mol. The van der Waals surface area contributed by atoms with Crippen LogP contribution in [0, 0.1) is 24.2 Å². The predicted octanol–water partition coefficient (Wildman–Crippen LogP) is 4.95. The number of ether oxygens (including phenoxy) is 1. The number of rotatable bonds is 8. The van der Waals surface area contributed by atoms with E-state index in [-0.39, 0.29) is 23.6 Å². The van der Waals surface area contributed by atoms with E-state index in [0.717, 1.165) is 12.0 Å². The average Bonchev–Trinajstić information content (AvgIpc) is 2.77. The van der Waals surface area contributed by atoms with Crippen molar-refractivity contribution in [2.75, 3.05) is 13.7 Å². The molecule has 1 aliphatic rings. The van der Waals surface area contributed by atoms with E-state index in [1.807, 2.05) is 26.0 Å². The van der Waals surface area contributed by atoms with Crippen LogP contribution >= 0.6 is 11.6 Å². The van der Waals surface area contributed by atoms with Crippen LogP contribution in [0.4, 0.5) is 0 Å². The average molecular weight is 475 g/mol. The first-order chi connectivity index (χ1) is 15.4. The lowest BCUT2D eigenvalue weighted by Crippen LogP contribution is -2.40. The number of carbonyl (C=O) groups is 2. The summed E-state index contributed by atoms with van der Waals surface area (Å²) >= 11 is 6.50. The van der Waals surface area contributed by atoms with Crippen LogP contribution in [-0.4, -0.2) is 36.7 Å². The van der Waals surface area contributed by atoms with E-state index < -0.39 is 5.91 Å². The first-order valence-corrected chi connectivity index (χ1v) is 11.6. The van der Waals surface area contributed by atoms with Crippen molar-refractivity contribution >= 4 is 29.5 Å². The summed E-state index contributed by atoms with van der Waals surface area (Å²) in [6, 6.07) is 0. The number of nitrogens with two attached hydrogens (primary N) is 1. The van der Waals surface area contributed by atoms with Crippen molar-refractivity contribution in [3.8, 4) is 11.5 Å². The molecule has 0 aromatic heterocycles. The Labute approximate surface area is 201 Å². The summed E-state index contributed by atoms with van der Waals surface area (Å²) in [5.41, 5.74) is 7.50. The maximum Gasteiger partial charge on any atom is 0.239 e. The Morgan fingerprint density at radius 1 is 1.39 bits per heavy atom. The van der Waals surface area contributed by atoms with Gasteiger partial charge in [0.1, 0.15) is 23.8 Å². The molecule has 0 radical (unpaired) electrons. The van der Waals surface area contributed by atoms with Gasteiger partial charge < -0.3 is 15.6 Å². The number of aromatic hydroxyl groups is 1. The van der Waals surface area contributed by atoms with Gasteiger partial charge in [0, 0.05) is 29.7 Å². The maximum absolute atomic E-state index is 12.3. The van der Waals surface area contributed by atoms with E-state index >= 15 is 0 Å². The van der Waals surface area contributed by atoms with E-state index in [0.29, 0.717) is 52.0 Å². The maximum atomic E-state index is 12.3. The van der Waals surface area contributed by atoms with Crippen molar-refractivity contribution in [3.05, 3.63) is 45.5 Å². The highest BCUT2D eigenvalue weighted by atomic mass is 35.5. The number of benzene rings is 1. The van der Waals surface area contributed by atoms with E-state index in [4.69, 9.17) is 22.1 Å². The molecule has 0 saturated heterocycles. The number of hydrogen-bond donors (Lipinski definition) is 2. The van der Waals surface area contributed by atoms with E-state index in [1.54, 1.807) is 6.92 Å². The Kier molecular flexibility index (Phi) is 8.89. The zero-order chi connectivity index (χ0) is 24.9. The van der Waals surface area contributed by atoms with Crippen molar-refractivity contribution in [1.29, 1.82) is 0 Å². The molecule has 1 fully saturated rings. The standard InChI is InChI=1S/C26H35ClN2O4/c1-15(11-12-26(5)16(2)8-10-21(30)18(26)4)7-9-19-24(32)20(13-29-14-22(28)31)17(3)23(27)25(19)33-6/h7,11-13,16,18,32H,8-10,14H2,1-6H3,(H2,28,31)/t16-,18+,26+/m1/s1. The summed E-state index contributed by atoms with van der Waals surface area (Å²) < 4.78 is 5.48. The van der Waals surface area contributed by atoms with Crippen molar-refractivity contribution in [2.24, 2.45) is 28.0 Å². The van der Waals surface area contributed by atoms with Crippen molar-refractivity contribution in [1.82, 2.24) is 0 Å². The number of phenols is 1. The number of methoxy groups -OCH3 is 1. The second kappa shape index (κ2) is 11.0. The normalized spacial score (nSPS) is 24.1.